The fourth-order valence-electron chi connectivity index (χ4n) is 3.01. The van der Waals surface area contributed by atoms with Gasteiger partial charge in [0.05, 0.1) is 6.54 Å². The van der Waals surface area contributed by atoms with E-state index in [0.717, 1.165) is 22.5 Å². The number of carbonyl (C=O) groups excluding carboxylic acids is 1. The summed E-state index contributed by atoms with van der Waals surface area (Å²) in [5.41, 5.74) is 5.10. The molecule has 1 heterocycles. The van der Waals surface area contributed by atoms with E-state index in [2.05, 4.69) is 16.8 Å². The lowest BCUT2D eigenvalue weighted by Crippen LogP contribution is -2.15. The second-order valence-corrected chi connectivity index (χ2v) is 6.56. The average Bonchev–Trinajstić information content (AvgIpc) is 3.25. The lowest BCUT2D eigenvalue weighted by molar-refractivity contribution is 0.101. The first-order chi connectivity index (χ1) is 10.5. The van der Waals surface area contributed by atoms with E-state index in [1.165, 1.54) is 18.5 Å². The molecular weight excluding hydrogens is 296 g/mol. The van der Waals surface area contributed by atoms with Crippen LogP contribution in [-0.2, 0) is 0 Å². The van der Waals surface area contributed by atoms with Gasteiger partial charge in [-0.15, -0.1) is 0 Å². The third-order valence-electron chi connectivity index (χ3n) is 4.34. The Morgan fingerprint density at radius 2 is 2.00 bits per heavy atom. The maximum absolute atomic E-state index is 12.5. The number of nitrogens with zero attached hydrogens (tertiary/aromatic N) is 1. The van der Waals surface area contributed by atoms with Gasteiger partial charge in [0, 0.05) is 33.7 Å². The summed E-state index contributed by atoms with van der Waals surface area (Å²) >= 11 is 6.01. The van der Waals surface area contributed by atoms with Crippen molar-refractivity contribution in [3.63, 3.8) is 0 Å². The van der Waals surface area contributed by atoms with Gasteiger partial charge in [0.15, 0.2) is 5.78 Å². The number of hydrogen-bond donors (Lipinski definition) is 1. The SMILES string of the molecule is Cc1ccc(Cl)cc1NCC(=O)c1cc(C)n(C2CC2)c1C. The van der Waals surface area contributed by atoms with Crippen LogP contribution in [0.5, 0.6) is 0 Å². The first-order valence-electron chi connectivity index (χ1n) is 7.69. The van der Waals surface area contributed by atoms with Crippen LogP contribution >= 0.6 is 11.6 Å². The topological polar surface area (TPSA) is 34.0 Å². The molecule has 1 N–H and O–H groups in total. The van der Waals surface area contributed by atoms with E-state index in [4.69, 9.17) is 11.6 Å². The normalized spacial score (nSPS) is 14.2. The van der Waals surface area contributed by atoms with E-state index >= 15 is 0 Å². The van der Waals surface area contributed by atoms with Crippen molar-refractivity contribution in [1.82, 2.24) is 4.57 Å². The molecule has 3 nitrogen and oxygen atoms in total. The molecule has 1 saturated carbocycles. The number of halogens is 1. The van der Waals surface area contributed by atoms with Crippen LogP contribution in [0.1, 0.15) is 46.2 Å². The Morgan fingerprint density at radius 1 is 1.27 bits per heavy atom. The summed E-state index contributed by atoms with van der Waals surface area (Å²) in [6, 6.07) is 8.28. The van der Waals surface area contributed by atoms with Crippen molar-refractivity contribution in [2.45, 2.75) is 39.7 Å². The minimum Gasteiger partial charge on any atom is -0.377 e. The van der Waals surface area contributed by atoms with E-state index in [9.17, 15) is 4.79 Å². The van der Waals surface area contributed by atoms with Gasteiger partial charge in [0.2, 0.25) is 0 Å². The van der Waals surface area contributed by atoms with Crippen molar-refractivity contribution < 1.29 is 4.79 Å². The number of carbonyl (C=O) groups is 1. The summed E-state index contributed by atoms with van der Waals surface area (Å²) in [5, 5.41) is 3.88. The number of aryl methyl sites for hydroxylation is 2. The van der Waals surface area contributed by atoms with Crippen molar-refractivity contribution >= 4 is 23.1 Å². The molecule has 1 aromatic heterocycles. The van der Waals surface area contributed by atoms with Crippen molar-refractivity contribution in [3.8, 4) is 0 Å². The van der Waals surface area contributed by atoms with Crippen LogP contribution in [0.3, 0.4) is 0 Å². The van der Waals surface area contributed by atoms with Gasteiger partial charge in [-0.25, -0.2) is 0 Å². The highest BCUT2D eigenvalue weighted by molar-refractivity contribution is 6.30. The monoisotopic (exact) mass is 316 g/mol. The van der Waals surface area contributed by atoms with E-state index in [-0.39, 0.29) is 12.3 Å². The molecule has 3 rings (SSSR count). The summed E-state index contributed by atoms with van der Waals surface area (Å²) in [7, 11) is 0. The largest absolute Gasteiger partial charge is 0.377 e. The van der Waals surface area contributed by atoms with Gasteiger partial charge in [-0.05, 0) is 57.4 Å². The molecule has 1 fully saturated rings. The first kappa shape index (κ1) is 15.2. The number of hydrogen-bond acceptors (Lipinski definition) is 2. The number of benzene rings is 1. The number of aromatic nitrogens is 1. The average molecular weight is 317 g/mol. The number of rotatable bonds is 5. The quantitative estimate of drug-likeness (QED) is 0.811. The lowest BCUT2D eigenvalue weighted by Gasteiger charge is -2.10. The third-order valence-corrected chi connectivity index (χ3v) is 4.57. The van der Waals surface area contributed by atoms with Crippen LogP contribution in [0, 0.1) is 20.8 Å². The highest BCUT2D eigenvalue weighted by Gasteiger charge is 2.28. The molecule has 0 aliphatic heterocycles. The second-order valence-electron chi connectivity index (χ2n) is 6.12. The Kier molecular flexibility index (Phi) is 4.00. The van der Waals surface area contributed by atoms with Gasteiger partial charge < -0.3 is 9.88 Å². The third kappa shape index (κ3) is 2.91. The fraction of sp³-hybridized carbons (Fsp3) is 0.389. The van der Waals surface area contributed by atoms with Gasteiger partial charge in [-0.1, -0.05) is 17.7 Å². The Morgan fingerprint density at radius 3 is 2.68 bits per heavy atom. The highest BCUT2D eigenvalue weighted by atomic mass is 35.5. The minimum atomic E-state index is 0.124. The molecule has 0 spiro atoms. The van der Waals surface area contributed by atoms with Gasteiger partial charge in [-0.2, -0.15) is 0 Å². The van der Waals surface area contributed by atoms with E-state index in [1.54, 1.807) is 0 Å². The van der Waals surface area contributed by atoms with E-state index in [0.29, 0.717) is 11.1 Å². The molecule has 0 bridgehead atoms. The van der Waals surface area contributed by atoms with Crippen molar-refractivity contribution in [1.29, 1.82) is 0 Å². The molecule has 0 unspecified atom stereocenters. The zero-order valence-corrected chi connectivity index (χ0v) is 14.0. The van der Waals surface area contributed by atoms with Crippen LogP contribution in [0.4, 0.5) is 5.69 Å². The molecule has 22 heavy (non-hydrogen) atoms. The number of nitrogens with one attached hydrogen (secondary N) is 1. The Bertz CT molecular complexity index is 729. The zero-order valence-electron chi connectivity index (χ0n) is 13.2. The number of anilines is 1. The van der Waals surface area contributed by atoms with Gasteiger partial charge in [0.25, 0.3) is 0 Å². The van der Waals surface area contributed by atoms with Gasteiger partial charge in [-0.3, -0.25) is 4.79 Å². The first-order valence-corrected chi connectivity index (χ1v) is 8.07. The fourth-order valence-corrected chi connectivity index (χ4v) is 3.18. The smallest absolute Gasteiger partial charge is 0.183 e. The zero-order chi connectivity index (χ0) is 15.9. The van der Waals surface area contributed by atoms with Crippen molar-refractivity contribution in [3.05, 3.63) is 51.8 Å². The summed E-state index contributed by atoms with van der Waals surface area (Å²) in [4.78, 5) is 12.5. The molecule has 116 valence electrons. The van der Waals surface area contributed by atoms with Crippen LogP contribution in [0.15, 0.2) is 24.3 Å². The van der Waals surface area contributed by atoms with Gasteiger partial charge in [0.1, 0.15) is 0 Å². The molecule has 0 atom stereocenters. The van der Waals surface area contributed by atoms with Crippen LogP contribution in [0.2, 0.25) is 5.02 Å². The van der Waals surface area contributed by atoms with E-state index < -0.39 is 0 Å². The number of Topliss-reactive ketones (excluding diaryl/α,β-unsaturated/α-hetero) is 1. The molecule has 1 aliphatic carbocycles. The molecule has 0 radical (unpaired) electrons. The number of ketones is 1. The molecule has 0 amide bonds. The summed E-state index contributed by atoms with van der Waals surface area (Å²) in [6.07, 6.45) is 2.45. The molecule has 1 aliphatic rings. The van der Waals surface area contributed by atoms with Crippen LogP contribution in [0.25, 0.3) is 0 Å². The minimum absolute atomic E-state index is 0.124. The molecule has 1 aromatic carbocycles. The molecular formula is C18H21ClN2O. The van der Waals surface area contributed by atoms with E-state index in [1.807, 2.05) is 38.1 Å². The van der Waals surface area contributed by atoms with Gasteiger partial charge >= 0.3 is 0 Å². The lowest BCUT2D eigenvalue weighted by atomic mass is 10.1. The Hall–Kier alpha value is -1.74. The molecule has 4 heteroatoms. The van der Waals surface area contributed by atoms with Crippen molar-refractivity contribution in [2.24, 2.45) is 0 Å². The summed E-state index contributed by atoms with van der Waals surface area (Å²) in [5.74, 6) is 0.124. The molecule has 0 saturated heterocycles. The highest BCUT2D eigenvalue weighted by Crippen LogP contribution is 2.38. The van der Waals surface area contributed by atoms with Crippen molar-refractivity contribution in [2.75, 3.05) is 11.9 Å². The van der Waals surface area contributed by atoms with Crippen LogP contribution < -0.4 is 5.32 Å². The second kappa shape index (κ2) is 5.81. The Labute approximate surface area is 136 Å². The maximum Gasteiger partial charge on any atom is 0.183 e. The predicted octanol–water partition coefficient (Wildman–Crippen LogP) is 4.70. The summed E-state index contributed by atoms with van der Waals surface area (Å²) < 4.78 is 2.30. The predicted molar refractivity (Wildman–Crippen MR) is 91.2 cm³/mol. The Balaban J connectivity index is 1.75. The van der Waals surface area contributed by atoms with Crippen LogP contribution in [-0.4, -0.2) is 16.9 Å². The molecule has 2 aromatic rings. The standard InChI is InChI=1S/C18H21ClN2O/c1-11-4-5-14(19)9-17(11)20-10-18(22)16-8-12(2)21(13(16)3)15-6-7-15/h4-5,8-9,15,20H,6-7,10H2,1-3H3. The summed E-state index contributed by atoms with van der Waals surface area (Å²) in [6.45, 7) is 6.41. The maximum atomic E-state index is 12.5.